The van der Waals surface area contributed by atoms with Crippen LogP contribution in [0, 0.1) is 6.92 Å². The van der Waals surface area contributed by atoms with E-state index in [0.29, 0.717) is 17.8 Å². The van der Waals surface area contributed by atoms with E-state index in [1.165, 1.54) is 0 Å². The lowest BCUT2D eigenvalue weighted by Crippen LogP contribution is -2.26. The van der Waals surface area contributed by atoms with E-state index in [-0.39, 0.29) is 5.91 Å². The van der Waals surface area contributed by atoms with E-state index >= 15 is 0 Å². The second kappa shape index (κ2) is 4.91. The van der Waals surface area contributed by atoms with Crippen molar-refractivity contribution in [3.05, 3.63) is 47.5 Å². The molecule has 1 amide bonds. The summed E-state index contributed by atoms with van der Waals surface area (Å²) < 4.78 is 0. The fraction of sp³-hybridized carbons (Fsp3) is 0.231. The van der Waals surface area contributed by atoms with Crippen LogP contribution in [0.4, 0.5) is 5.69 Å². The SMILES string of the molecule is Cc1cc(N)cc(C(=O)N(C)Cc2ncc[nH]2)c1. The molecule has 0 fully saturated rings. The van der Waals surface area contributed by atoms with E-state index < -0.39 is 0 Å². The maximum Gasteiger partial charge on any atom is 0.254 e. The Morgan fingerprint density at radius 2 is 2.22 bits per heavy atom. The average molecular weight is 244 g/mol. The third kappa shape index (κ3) is 2.68. The van der Waals surface area contributed by atoms with Crippen molar-refractivity contribution in [1.82, 2.24) is 14.9 Å². The van der Waals surface area contributed by atoms with Crippen molar-refractivity contribution in [2.75, 3.05) is 12.8 Å². The Balaban J connectivity index is 2.15. The van der Waals surface area contributed by atoms with Gasteiger partial charge in [0, 0.05) is 30.7 Å². The Kier molecular flexibility index (Phi) is 3.32. The van der Waals surface area contributed by atoms with Crippen LogP contribution in [0.2, 0.25) is 0 Å². The Hall–Kier alpha value is -2.30. The van der Waals surface area contributed by atoms with Gasteiger partial charge in [-0.15, -0.1) is 0 Å². The van der Waals surface area contributed by atoms with E-state index in [4.69, 9.17) is 5.73 Å². The fourth-order valence-electron chi connectivity index (χ4n) is 1.84. The first kappa shape index (κ1) is 12.2. The first-order chi connectivity index (χ1) is 8.56. The van der Waals surface area contributed by atoms with Gasteiger partial charge in [-0.1, -0.05) is 0 Å². The number of aromatic amines is 1. The Labute approximate surface area is 106 Å². The fourth-order valence-corrected chi connectivity index (χ4v) is 1.84. The molecule has 0 atom stereocenters. The maximum atomic E-state index is 12.2. The number of carbonyl (C=O) groups is 1. The number of benzene rings is 1. The van der Waals surface area contributed by atoms with Crippen molar-refractivity contribution in [3.8, 4) is 0 Å². The van der Waals surface area contributed by atoms with Crippen molar-refractivity contribution in [3.63, 3.8) is 0 Å². The minimum Gasteiger partial charge on any atom is -0.399 e. The molecule has 94 valence electrons. The molecule has 2 rings (SSSR count). The zero-order valence-electron chi connectivity index (χ0n) is 10.5. The predicted molar refractivity (Wildman–Crippen MR) is 70.0 cm³/mol. The number of nitrogens with two attached hydrogens (primary N) is 1. The van der Waals surface area contributed by atoms with Gasteiger partial charge in [0.05, 0.1) is 6.54 Å². The average Bonchev–Trinajstić information content (AvgIpc) is 2.79. The summed E-state index contributed by atoms with van der Waals surface area (Å²) in [5.41, 5.74) is 7.92. The van der Waals surface area contributed by atoms with Crippen molar-refractivity contribution in [1.29, 1.82) is 0 Å². The number of hydrogen-bond acceptors (Lipinski definition) is 3. The molecule has 0 aliphatic heterocycles. The molecule has 0 spiro atoms. The highest BCUT2D eigenvalue weighted by Crippen LogP contribution is 2.13. The van der Waals surface area contributed by atoms with E-state index in [0.717, 1.165) is 11.4 Å². The number of nitrogens with one attached hydrogen (secondary N) is 1. The summed E-state index contributed by atoms with van der Waals surface area (Å²) in [5.74, 6) is 0.688. The van der Waals surface area contributed by atoms with Crippen LogP contribution in [-0.4, -0.2) is 27.8 Å². The van der Waals surface area contributed by atoms with Crippen LogP contribution in [0.5, 0.6) is 0 Å². The van der Waals surface area contributed by atoms with Gasteiger partial charge in [0.2, 0.25) is 0 Å². The quantitative estimate of drug-likeness (QED) is 0.805. The van der Waals surface area contributed by atoms with Crippen LogP contribution in [0.25, 0.3) is 0 Å². The molecular weight excluding hydrogens is 228 g/mol. The molecule has 0 unspecified atom stereocenters. The first-order valence-corrected chi connectivity index (χ1v) is 5.67. The minimum absolute atomic E-state index is 0.0678. The van der Waals surface area contributed by atoms with Gasteiger partial charge in [0.15, 0.2) is 0 Å². The summed E-state index contributed by atoms with van der Waals surface area (Å²) in [6.45, 7) is 2.36. The molecule has 1 heterocycles. The summed E-state index contributed by atoms with van der Waals surface area (Å²) >= 11 is 0. The summed E-state index contributed by atoms with van der Waals surface area (Å²) in [6, 6.07) is 5.36. The molecule has 0 radical (unpaired) electrons. The summed E-state index contributed by atoms with van der Waals surface area (Å²) in [7, 11) is 1.74. The first-order valence-electron chi connectivity index (χ1n) is 5.67. The predicted octanol–water partition coefficient (Wildman–Crippen LogP) is 1.57. The lowest BCUT2D eigenvalue weighted by atomic mass is 10.1. The number of amides is 1. The van der Waals surface area contributed by atoms with Gasteiger partial charge < -0.3 is 15.6 Å². The largest absolute Gasteiger partial charge is 0.399 e. The van der Waals surface area contributed by atoms with Crippen LogP contribution in [0.1, 0.15) is 21.7 Å². The number of hydrogen-bond donors (Lipinski definition) is 2. The minimum atomic E-state index is -0.0678. The Morgan fingerprint density at radius 3 is 2.83 bits per heavy atom. The highest BCUT2D eigenvalue weighted by atomic mass is 16.2. The summed E-state index contributed by atoms with van der Waals surface area (Å²) in [6.07, 6.45) is 3.40. The van der Waals surface area contributed by atoms with Crippen LogP contribution >= 0.6 is 0 Å². The van der Waals surface area contributed by atoms with Gasteiger partial charge in [0.1, 0.15) is 5.82 Å². The molecule has 5 nitrogen and oxygen atoms in total. The van der Waals surface area contributed by atoms with E-state index in [9.17, 15) is 4.79 Å². The third-order valence-electron chi connectivity index (χ3n) is 2.64. The molecule has 1 aromatic carbocycles. The molecule has 0 bridgehead atoms. The van der Waals surface area contributed by atoms with Crippen molar-refractivity contribution in [2.24, 2.45) is 0 Å². The van der Waals surface area contributed by atoms with Crippen LogP contribution in [0.15, 0.2) is 30.6 Å². The van der Waals surface area contributed by atoms with Crippen LogP contribution < -0.4 is 5.73 Å². The van der Waals surface area contributed by atoms with Crippen LogP contribution in [0.3, 0.4) is 0 Å². The highest BCUT2D eigenvalue weighted by molar-refractivity contribution is 5.95. The molecule has 0 aliphatic rings. The molecule has 5 heteroatoms. The zero-order chi connectivity index (χ0) is 13.1. The highest BCUT2D eigenvalue weighted by Gasteiger charge is 2.13. The second-order valence-electron chi connectivity index (χ2n) is 4.33. The van der Waals surface area contributed by atoms with Crippen molar-refractivity contribution >= 4 is 11.6 Å². The number of aromatic nitrogens is 2. The Morgan fingerprint density at radius 1 is 1.44 bits per heavy atom. The van der Waals surface area contributed by atoms with Crippen molar-refractivity contribution in [2.45, 2.75) is 13.5 Å². The number of H-pyrrole nitrogens is 1. The smallest absolute Gasteiger partial charge is 0.254 e. The molecule has 0 aliphatic carbocycles. The van der Waals surface area contributed by atoms with E-state index in [1.807, 2.05) is 19.1 Å². The van der Waals surface area contributed by atoms with Gasteiger partial charge in [-0.25, -0.2) is 4.98 Å². The molecule has 3 N–H and O–H groups in total. The topological polar surface area (TPSA) is 75.0 Å². The van der Waals surface area contributed by atoms with E-state index in [2.05, 4.69) is 9.97 Å². The lowest BCUT2D eigenvalue weighted by Gasteiger charge is -2.16. The molecule has 0 saturated heterocycles. The number of carbonyl (C=O) groups excluding carboxylic acids is 1. The van der Waals surface area contributed by atoms with E-state index in [1.54, 1.807) is 30.4 Å². The number of imidazole rings is 1. The maximum absolute atomic E-state index is 12.2. The number of anilines is 1. The number of nitrogen functional groups attached to an aromatic ring is 1. The standard InChI is InChI=1S/C13H16N4O/c1-9-5-10(7-11(14)6-9)13(18)17(2)8-12-15-3-4-16-12/h3-7H,8,14H2,1-2H3,(H,15,16). The Bertz CT molecular complexity index is 528. The molecule has 0 saturated carbocycles. The van der Waals surface area contributed by atoms with Crippen LogP contribution in [-0.2, 0) is 6.54 Å². The zero-order valence-corrected chi connectivity index (χ0v) is 10.5. The monoisotopic (exact) mass is 244 g/mol. The van der Waals surface area contributed by atoms with Gasteiger partial charge in [0.25, 0.3) is 5.91 Å². The number of nitrogens with zero attached hydrogens (tertiary/aromatic N) is 2. The molecule has 18 heavy (non-hydrogen) atoms. The molecular formula is C13H16N4O. The summed E-state index contributed by atoms with van der Waals surface area (Å²) in [5, 5.41) is 0. The molecule has 1 aromatic heterocycles. The number of aryl methyl sites for hydroxylation is 1. The molecule has 2 aromatic rings. The van der Waals surface area contributed by atoms with Gasteiger partial charge in [-0.05, 0) is 30.7 Å². The van der Waals surface area contributed by atoms with Crippen molar-refractivity contribution < 1.29 is 4.79 Å². The number of rotatable bonds is 3. The van der Waals surface area contributed by atoms with Gasteiger partial charge in [-0.2, -0.15) is 0 Å². The lowest BCUT2D eigenvalue weighted by molar-refractivity contribution is 0.0782. The van der Waals surface area contributed by atoms with Gasteiger partial charge >= 0.3 is 0 Å². The third-order valence-corrected chi connectivity index (χ3v) is 2.64. The second-order valence-corrected chi connectivity index (χ2v) is 4.33. The normalized spacial score (nSPS) is 10.3. The summed E-state index contributed by atoms with van der Waals surface area (Å²) in [4.78, 5) is 20.9. The van der Waals surface area contributed by atoms with Gasteiger partial charge in [-0.3, -0.25) is 4.79 Å².